The van der Waals surface area contributed by atoms with E-state index in [1.807, 2.05) is 5.51 Å². The predicted molar refractivity (Wildman–Crippen MR) is 89.3 cm³/mol. The van der Waals surface area contributed by atoms with Crippen LogP contribution in [0.15, 0.2) is 22.5 Å². The van der Waals surface area contributed by atoms with E-state index in [4.69, 9.17) is 4.98 Å². The Labute approximate surface area is 132 Å². The molecule has 0 unspecified atom stereocenters. The maximum absolute atomic E-state index is 4.77. The molecule has 0 aromatic carbocycles. The fourth-order valence-corrected chi connectivity index (χ4v) is 3.59. The molecule has 112 valence electrons. The van der Waals surface area contributed by atoms with Crippen LogP contribution in [0.2, 0.25) is 0 Å². The third kappa shape index (κ3) is 3.09. The Kier molecular flexibility index (Phi) is 4.52. The van der Waals surface area contributed by atoms with Gasteiger partial charge in [-0.15, -0.1) is 22.7 Å². The van der Waals surface area contributed by atoms with Gasteiger partial charge in [0.1, 0.15) is 0 Å². The molecular formula is C14H19N5S2. The molecule has 0 spiro atoms. The predicted octanol–water partition coefficient (Wildman–Crippen LogP) is 2.99. The Morgan fingerprint density at radius 3 is 3.10 bits per heavy atom. The standard InChI is InChI=1S/C14H19N5S2/c1-3-4-15-7-12-13(17-14-19(12)5-6-21-14)18(2)8-11-9-20-10-16-11/h5-6,9-10,15H,3-4,7-8H2,1-2H3. The van der Waals surface area contributed by atoms with Gasteiger partial charge in [0, 0.05) is 30.5 Å². The lowest BCUT2D eigenvalue weighted by Gasteiger charge is -2.17. The van der Waals surface area contributed by atoms with Crippen molar-refractivity contribution in [3.05, 3.63) is 33.9 Å². The van der Waals surface area contributed by atoms with Gasteiger partial charge < -0.3 is 10.2 Å². The number of aromatic nitrogens is 3. The Morgan fingerprint density at radius 1 is 1.43 bits per heavy atom. The number of hydrogen-bond donors (Lipinski definition) is 1. The monoisotopic (exact) mass is 321 g/mol. The van der Waals surface area contributed by atoms with Crippen molar-refractivity contribution in [2.45, 2.75) is 26.4 Å². The molecule has 21 heavy (non-hydrogen) atoms. The molecule has 3 heterocycles. The number of nitrogens with one attached hydrogen (secondary N) is 1. The number of nitrogens with zero attached hydrogens (tertiary/aromatic N) is 4. The number of anilines is 1. The zero-order valence-corrected chi connectivity index (χ0v) is 13.9. The Morgan fingerprint density at radius 2 is 2.33 bits per heavy atom. The fourth-order valence-electron chi connectivity index (χ4n) is 2.31. The minimum Gasteiger partial charge on any atom is -0.352 e. The third-order valence-electron chi connectivity index (χ3n) is 3.30. The lowest BCUT2D eigenvalue weighted by molar-refractivity contribution is 0.659. The number of rotatable bonds is 7. The van der Waals surface area contributed by atoms with Crippen LogP contribution in [0.3, 0.4) is 0 Å². The highest BCUT2D eigenvalue weighted by Crippen LogP contribution is 2.25. The molecule has 0 aliphatic carbocycles. The van der Waals surface area contributed by atoms with Gasteiger partial charge in [0.25, 0.3) is 0 Å². The fraction of sp³-hybridized carbons (Fsp3) is 0.429. The molecule has 3 aromatic heterocycles. The summed E-state index contributed by atoms with van der Waals surface area (Å²) in [6.07, 6.45) is 3.23. The highest BCUT2D eigenvalue weighted by atomic mass is 32.1. The number of imidazole rings is 1. The normalized spacial score (nSPS) is 11.3. The average molecular weight is 321 g/mol. The lowest BCUT2D eigenvalue weighted by Crippen LogP contribution is -2.22. The largest absolute Gasteiger partial charge is 0.352 e. The van der Waals surface area contributed by atoms with Gasteiger partial charge in [0.15, 0.2) is 10.8 Å². The molecule has 3 rings (SSSR count). The number of hydrogen-bond acceptors (Lipinski definition) is 6. The Balaban J connectivity index is 1.85. The van der Waals surface area contributed by atoms with Crippen molar-refractivity contribution in [2.75, 3.05) is 18.5 Å². The van der Waals surface area contributed by atoms with Crippen LogP contribution in [-0.2, 0) is 13.1 Å². The van der Waals surface area contributed by atoms with Gasteiger partial charge in [-0.25, -0.2) is 9.97 Å². The van der Waals surface area contributed by atoms with Gasteiger partial charge in [-0.1, -0.05) is 6.92 Å². The van der Waals surface area contributed by atoms with Crippen LogP contribution in [0, 0.1) is 0 Å². The summed E-state index contributed by atoms with van der Waals surface area (Å²) in [5.41, 5.74) is 4.18. The summed E-state index contributed by atoms with van der Waals surface area (Å²) in [5, 5.41) is 7.64. The third-order valence-corrected chi connectivity index (χ3v) is 4.70. The average Bonchev–Trinajstić information content (AvgIpc) is 3.16. The van der Waals surface area contributed by atoms with Crippen LogP contribution in [-0.4, -0.2) is 28.0 Å². The molecule has 0 radical (unpaired) electrons. The molecule has 0 amide bonds. The van der Waals surface area contributed by atoms with Gasteiger partial charge in [-0.2, -0.15) is 0 Å². The molecule has 0 aliphatic rings. The second-order valence-corrected chi connectivity index (χ2v) is 6.54. The molecule has 0 fully saturated rings. The van der Waals surface area contributed by atoms with E-state index in [2.05, 4.69) is 50.5 Å². The van der Waals surface area contributed by atoms with Crippen molar-refractivity contribution in [2.24, 2.45) is 0 Å². The van der Waals surface area contributed by atoms with E-state index in [0.29, 0.717) is 0 Å². The molecule has 0 saturated carbocycles. The summed E-state index contributed by atoms with van der Waals surface area (Å²) in [6.45, 7) is 4.82. The van der Waals surface area contributed by atoms with Crippen LogP contribution in [0.25, 0.3) is 4.96 Å². The van der Waals surface area contributed by atoms with Gasteiger partial charge in [0.2, 0.25) is 0 Å². The van der Waals surface area contributed by atoms with Crippen molar-refractivity contribution >= 4 is 33.5 Å². The quantitative estimate of drug-likeness (QED) is 0.680. The first-order chi connectivity index (χ1) is 10.3. The van der Waals surface area contributed by atoms with Gasteiger partial charge >= 0.3 is 0 Å². The first-order valence-corrected chi connectivity index (χ1v) is 8.85. The zero-order valence-electron chi connectivity index (χ0n) is 12.2. The van der Waals surface area contributed by atoms with Gasteiger partial charge in [0.05, 0.1) is 23.4 Å². The molecule has 0 bridgehead atoms. The van der Waals surface area contributed by atoms with Crippen LogP contribution >= 0.6 is 22.7 Å². The minimum atomic E-state index is 0.787. The van der Waals surface area contributed by atoms with Crippen LogP contribution in [0.1, 0.15) is 24.7 Å². The molecule has 5 nitrogen and oxygen atoms in total. The smallest absolute Gasteiger partial charge is 0.195 e. The summed E-state index contributed by atoms with van der Waals surface area (Å²) < 4.78 is 2.18. The van der Waals surface area contributed by atoms with E-state index in [-0.39, 0.29) is 0 Å². The van der Waals surface area contributed by atoms with E-state index in [0.717, 1.165) is 42.5 Å². The highest BCUT2D eigenvalue weighted by Gasteiger charge is 2.16. The second kappa shape index (κ2) is 6.55. The summed E-state index contributed by atoms with van der Waals surface area (Å²) in [5.74, 6) is 1.04. The summed E-state index contributed by atoms with van der Waals surface area (Å²) in [6, 6.07) is 0. The highest BCUT2D eigenvalue weighted by molar-refractivity contribution is 7.15. The molecule has 0 atom stereocenters. The molecule has 0 aliphatic heterocycles. The van der Waals surface area contributed by atoms with Crippen LogP contribution in [0.5, 0.6) is 0 Å². The van der Waals surface area contributed by atoms with Crippen molar-refractivity contribution < 1.29 is 0 Å². The van der Waals surface area contributed by atoms with E-state index in [1.165, 1.54) is 5.69 Å². The molecule has 1 N–H and O–H groups in total. The number of fused-ring (bicyclic) bond motifs is 1. The Bertz CT molecular complexity index is 685. The van der Waals surface area contributed by atoms with Gasteiger partial charge in [-0.3, -0.25) is 4.40 Å². The molecular weight excluding hydrogens is 302 g/mol. The first-order valence-electron chi connectivity index (χ1n) is 7.03. The molecule has 0 saturated heterocycles. The van der Waals surface area contributed by atoms with E-state index < -0.39 is 0 Å². The molecule has 7 heteroatoms. The van der Waals surface area contributed by atoms with E-state index >= 15 is 0 Å². The minimum absolute atomic E-state index is 0.787. The van der Waals surface area contributed by atoms with Crippen molar-refractivity contribution in [3.8, 4) is 0 Å². The van der Waals surface area contributed by atoms with Crippen LogP contribution in [0.4, 0.5) is 5.82 Å². The van der Waals surface area contributed by atoms with E-state index in [9.17, 15) is 0 Å². The van der Waals surface area contributed by atoms with Crippen molar-refractivity contribution in [1.29, 1.82) is 0 Å². The summed E-state index contributed by atoms with van der Waals surface area (Å²) in [4.78, 5) is 12.4. The van der Waals surface area contributed by atoms with Crippen molar-refractivity contribution in [3.63, 3.8) is 0 Å². The van der Waals surface area contributed by atoms with E-state index in [1.54, 1.807) is 22.7 Å². The van der Waals surface area contributed by atoms with Crippen molar-refractivity contribution in [1.82, 2.24) is 19.7 Å². The SMILES string of the molecule is CCCNCc1c(N(C)Cc2cscn2)nc2sccn12. The summed E-state index contributed by atoms with van der Waals surface area (Å²) in [7, 11) is 2.08. The topological polar surface area (TPSA) is 45.5 Å². The molecule has 3 aromatic rings. The second-order valence-electron chi connectivity index (χ2n) is 4.95. The lowest BCUT2D eigenvalue weighted by atomic mass is 10.3. The Hall–Kier alpha value is -1.44. The maximum Gasteiger partial charge on any atom is 0.195 e. The zero-order chi connectivity index (χ0) is 14.7. The maximum atomic E-state index is 4.77. The first kappa shape index (κ1) is 14.5. The number of thiazole rings is 2. The van der Waals surface area contributed by atoms with Crippen LogP contribution < -0.4 is 10.2 Å². The summed E-state index contributed by atoms with van der Waals surface area (Å²) >= 11 is 3.30. The van der Waals surface area contributed by atoms with Gasteiger partial charge in [-0.05, 0) is 13.0 Å².